The van der Waals surface area contributed by atoms with Crippen LogP contribution in [0.4, 0.5) is 0 Å². The van der Waals surface area contributed by atoms with Crippen LogP contribution in [0.25, 0.3) is 6.08 Å². The zero-order valence-electron chi connectivity index (χ0n) is 16.3. The van der Waals surface area contributed by atoms with Gasteiger partial charge in [0.2, 0.25) is 0 Å². The Morgan fingerprint density at radius 3 is 2.41 bits per heavy atom. The third-order valence-corrected chi connectivity index (χ3v) is 4.16. The van der Waals surface area contributed by atoms with Gasteiger partial charge in [0, 0.05) is 31.1 Å². The molecule has 0 spiro atoms. The molecule has 0 aliphatic heterocycles. The van der Waals surface area contributed by atoms with E-state index in [0.717, 1.165) is 28.9 Å². The van der Waals surface area contributed by atoms with Crippen molar-refractivity contribution in [2.45, 2.75) is 13.0 Å². The molecule has 3 aromatic rings. The second kappa shape index (κ2) is 10.8. The highest BCUT2D eigenvalue weighted by atomic mass is 16.5. The summed E-state index contributed by atoms with van der Waals surface area (Å²) in [6.45, 7) is 1.12. The van der Waals surface area contributed by atoms with Gasteiger partial charge in [-0.15, -0.1) is 0 Å². The summed E-state index contributed by atoms with van der Waals surface area (Å²) in [6.07, 6.45) is 7.45. The maximum atomic E-state index is 12.0. The first-order valence-corrected chi connectivity index (χ1v) is 9.32. The minimum Gasteiger partial charge on any atom is -0.489 e. The molecule has 0 fully saturated rings. The lowest BCUT2D eigenvalue weighted by atomic mass is 10.1. The fourth-order valence-electron chi connectivity index (χ4n) is 2.58. The van der Waals surface area contributed by atoms with Crippen molar-refractivity contribution >= 4 is 12.0 Å². The maximum Gasteiger partial charge on any atom is 0.336 e. The topological polar surface area (TPSA) is 57.7 Å². The van der Waals surface area contributed by atoms with Gasteiger partial charge >= 0.3 is 5.97 Å². The minimum atomic E-state index is -0.424. The number of benzene rings is 2. The van der Waals surface area contributed by atoms with Crippen LogP contribution < -0.4 is 9.47 Å². The van der Waals surface area contributed by atoms with Crippen LogP contribution >= 0.6 is 0 Å². The van der Waals surface area contributed by atoms with E-state index in [2.05, 4.69) is 4.98 Å². The van der Waals surface area contributed by atoms with E-state index in [0.29, 0.717) is 19.0 Å². The van der Waals surface area contributed by atoms with Gasteiger partial charge in [0.1, 0.15) is 18.1 Å². The molecule has 2 aromatic carbocycles. The fourth-order valence-corrected chi connectivity index (χ4v) is 2.58. The molecule has 0 saturated carbocycles. The standard InChI is InChI=1S/C24H23NO4/c1-27-16-14-20-6-11-23(12-7-20)29-24(26)13-8-19-4-9-22(10-5-19)28-18-21-3-2-15-25-17-21/h2-13,15,17H,14,16,18H2,1H3/b13-8+. The van der Waals surface area contributed by atoms with E-state index in [1.54, 1.807) is 37.7 Å². The summed E-state index contributed by atoms with van der Waals surface area (Å²) in [6, 6.07) is 18.7. The summed E-state index contributed by atoms with van der Waals surface area (Å²) in [5, 5.41) is 0. The third kappa shape index (κ3) is 6.90. The predicted molar refractivity (Wildman–Crippen MR) is 112 cm³/mol. The van der Waals surface area contributed by atoms with Crippen LogP contribution in [0.5, 0.6) is 11.5 Å². The summed E-state index contributed by atoms with van der Waals surface area (Å²) < 4.78 is 16.1. The van der Waals surface area contributed by atoms with Gasteiger partial charge in [-0.25, -0.2) is 4.79 Å². The highest BCUT2D eigenvalue weighted by Crippen LogP contribution is 2.16. The predicted octanol–water partition coefficient (Wildman–Crippen LogP) is 4.47. The van der Waals surface area contributed by atoms with Gasteiger partial charge in [-0.3, -0.25) is 4.98 Å². The summed E-state index contributed by atoms with van der Waals surface area (Å²) in [5.41, 5.74) is 3.02. The van der Waals surface area contributed by atoms with E-state index in [9.17, 15) is 4.79 Å². The number of aromatic nitrogens is 1. The van der Waals surface area contributed by atoms with Crippen LogP contribution in [-0.2, 0) is 22.6 Å². The van der Waals surface area contributed by atoms with Gasteiger partial charge in [-0.2, -0.15) is 0 Å². The van der Waals surface area contributed by atoms with Crippen molar-refractivity contribution < 1.29 is 19.0 Å². The summed E-state index contributed by atoms with van der Waals surface area (Å²) in [7, 11) is 1.67. The number of carbonyl (C=O) groups excluding carboxylic acids is 1. The van der Waals surface area contributed by atoms with Crippen LogP contribution in [-0.4, -0.2) is 24.7 Å². The second-order valence-corrected chi connectivity index (χ2v) is 6.36. The number of hydrogen-bond acceptors (Lipinski definition) is 5. The number of pyridine rings is 1. The lowest BCUT2D eigenvalue weighted by Gasteiger charge is -2.06. The minimum absolute atomic E-state index is 0.424. The Labute approximate surface area is 170 Å². The molecule has 0 aliphatic rings. The quantitative estimate of drug-likeness (QED) is 0.307. The molecule has 0 atom stereocenters. The molecule has 0 amide bonds. The molecule has 1 aromatic heterocycles. The molecule has 29 heavy (non-hydrogen) atoms. The Hall–Kier alpha value is -3.44. The molecular weight excluding hydrogens is 366 g/mol. The van der Waals surface area contributed by atoms with Gasteiger partial charge < -0.3 is 14.2 Å². The summed E-state index contributed by atoms with van der Waals surface area (Å²) >= 11 is 0. The molecule has 3 rings (SSSR count). The average Bonchev–Trinajstić information content (AvgIpc) is 2.77. The van der Waals surface area contributed by atoms with Gasteiger partial charge in [-0.1, -0.05) is 30.3 Å². The van der Waals surface area contributed by atoms with Crippen molar-refractivity contribution in [1.29, 1.82) is 0 Å². The highest BCUT2D eigenvalue weighted by Gasteiger charge is 2.02. The van der Waals surface area contributed by atoms with Crippen molar-refractivity contribution in [3.05, 3.63) is 95.8 Å². The Bertz CT molecular complexity index is 919. The summed E-state index contributed by atoms with van der Waals surface area (Å²) in [5.74, 6) is 0.841. The molecule has 0 radical (unpaired) electrons. The first-order valence-electron chi connectivity index (χ1n) is 9.32. The number of hydrogen-bond donors (Lipinski definition) is 0. The van der Waals surface area contributed by atoms with E-state index in [1.807, 2.05) is 48.5 Å². The Morgan fingerprint density at radius 2 is 1.72 bits per heavy atom. The lowest BCUT2D eigenvalue weighted by Crippen LogP contribution is -2.03. The normalized spacial score (nSPS) is 10.8. The lowest BCUT2D eigenvalue weighted by molar-refractivity contribution is -0.128. The van der Waals surface area contributed by atoms with Crippen molar-refractivity contribution in [2.75, 3.05) is 13.7 Å². The highest BCUT2D eigenvalue weighted by molar-refractivity contribution is 5.88. The van der Waals surface area contributed by atoms with Gasteiger partial charge in [-0.05, 0) is 54.0 Å². The first kappa shape index (κ1) is 20.3. The van der Waals surface area contributed by atoms with Gasteiger partial charge in [0.05, 0.1) is 6.61 Å². The average molecular weight is 389 g/mol. The molecule has 0 N–H and O–H groups in total. The summed E-state index contributed by atoms with van der Waals surface area (Å²) in [4.78, 5) is 16.1. The number of ether oxygens (including phenoxy) is 3. The molecule has 0 aliphatic carbocycles. The number of esters is 1. The van der Waals surface area contributed by atoms with Crippen LogP contribution in [0.2, 0.25) is 0 Å². The second-order valence-electron chi connectivity index (χ2n) is 6.36. The van der Waals surface area contributed by atoms with Crippen LogP contribution in [0, 0.1) is 0 Å². The zero-order chi connectivity index (χ0) is 20.3. The molecule has 0 unspecified atom stereocenters. The monoisotopic (exact) mass is 389 g/mol. The first-order chi connectivity index (χ1) is 14.2. The third-order valence-electron chi connectivity index (χ3n) is 4.16. The Balaban J connectivity index is 1.48. The van der Waals surface area contributed by atoms with Crippen LogP contribution in [0.15, 0.2) is 79.1 Å². The van der Waals surface area contributed by atoms with E-state index in [1.165, 1.54) is 6.08 Å². The molecule has 0 saturated heterocycles. The number of carbonyl (C=O) groups is 1. The van der Waals surface area contributed by atoms with E-state index in [4.69, 9.17) is 14.2 Å². The molecule has 0 bridgehead atoms. The van der Waals surface area contributed by atoms with Crippen molar-refractivity contribution in [3.8, 4) is 11.5 Å². The van der Waals surface area contributed by atoms with Crippen molar-refractivity contribution in [3.63, 3.8) is 0 Å². The SMILES string of the molecule is COCCc1ccc(OC(=O)/C=C/c2ccc(OCc3cccnc3)cc2)cc1. The Kier molecular flexibility index (Phi) is 7.55. The van der Waals surface area contributed by atoms with E-state index >= 15 is 0 Å². The largest absolute Gasteiger partial charge is 0.489 e. The van der Waals surface area contributed by atoms with Crippen molar-refractivity contribution in [1.82, 2.24) is 4.98 Å². The van der Waals surface area contributed by atoms with E-state index in [-0.39, 0.29) is 0 Å². The molecule has 148 valence electrons. The van der Waals surface area contributed by atoms with Gasteiger partial charge in [0.15, 0.2) is 0 Å². The zero-order valence-corrected chi connectivity index (χ0v) is 16.3. The number of rotatable bonds is 9. The smallest absolute Gasteiger partial charge is 0.336 e. The molecule has 5 heteroatoms. The fraction of sp³-hybridized carbons (Fsp3) is 0.167. The van der Waals surface area contributed by atoms with E-state index < -0.39 is 5.97 Å². The van der Waals surface area contributed by atoms with Gasteiger partial charge in [0.25, 0.3) is 0 Å². The van der Waals surface area contributed by atoms with Crippen LogP contribution in [0.1, 0.15) is 16.7 Å². The number of methoxy groups -OCH3 is 1. The molecule has 1 heterocycles. The maximum absolute atomic E-state index is 12.0. The molecule has 5 nitrogen and oxygen atoms in total. The van der Waals surface area contributed by atoms with Crippen molar-refractivity contribution in [2.24, 2.45) is 0 Å². The van der Waals surface area contributed by atoms with Crippen LogP contribution in [0.3, 0.4) is 0 Å². The molecular formula is C24H23NO4. The number of nitrogens with zero attached hydrogens (tertiary/aromatic N) is 1. The Morgan fingerprint density at radius 1 is 0.966 bits per heavy atom.